The molecule has 0 aliphatic carbocycles. The molecule has 12 heteroatoms. The highest BCUT2D eigenvalue weighted by atomic mass is 32.2. The van der Waals surface area contributed by atoms with E-state index in [4.69, 9.17) is 0 Å². The highest BCUT2D eigenvalue weighted by Crippen LogP contribution is 2.53. The van der Waals surface area contributed by atoms with Crippen molar-refractivity contribution in [3.05, 3.63) is 5.53 Å². The van der Waals surface area contributed by atoms with Crippen molar-refractivity contribution in [1.82, 2.24) is 0 Å². The van der Waals surface area contributed by atoms with Gasteiger partial charge in [0.15, 0.2) is 0 Å². The number of carbonyl (C=O) groups excluding carboxylic acids is 1. The van der Waals surface area contributed by atoms with Crippen molar-refractivity contribution in [3.8, 4) is 0 Å². The van der Waals surface area contributed by atoms with Crippen LogP contribution in [0.1, 0.15) is 41.5 Å². The number of hydrogen-bond donors (Lipinski definition) is 0. The predicted octanol–water partition coefficient (Wildman–Crippen LogP) is 2.78. The molecule has 0 atom stereocenters. The number of nitrogens with zero attached hydrogens (tertiary/aromatic N) is 2. The van der Waals surface area contributed by atoms with Crippen LogP contribution < -0.4 is 0 Å². The minimum absolute atomic E-state index is 0.849. The van der Waals surface area contributed by atoms with Crippen molar-refractivity contribution in [2.75, 3.05) is 7.11 Å². The molecule has 0 spiro atoms. The molecule has 0 N–H and O–H groups in total. The molecule has 0 aromatic rings. The first-order valence-electron chi connectivity index (χ1n) is 6.72. The Kier molecular flexibility index (Phi) is 6.24. The average molecular weight is 390 g/mol. The highest BCUT2D eigenvalue weighted by Gasteiger charge is 2.72. The topological polar surface area (TPSA) is 106 Å². The van der Waals surface area contributed by atoms with Gasteiger partial charge in [-0.05, 0) is 10.1 Å². The van der Waals surface area contributed by atoms with Gasteiger partial charge in [0.2, 0.25) is 0 Å². The highest BCUT2D eigenvalue weighted by molar-refractivity contribution is 7.89. The minimum Gasteiger partial charge on any atom is -0.461 e. The van der Waals surface area contributed by atoms with Crippen LogP contribution in [-0.2, 0) is 23.5 Å². The molecular formula is C12H21F3N2O5SSi. The van der Waals surface area contributed by atoms with E-state index < -0.39 is 45.3 Å². The summed E-state index contributed by atoms with van der Waals surface area (Å²) in [6, 6.07) is 0. The molecule has 0 amide bonds. The first-order valence-corrected chi connectivity index (χ1v) is 10.0. The number of methoxy groups -OCH3 is 1. The van der Waals surface area contributed by atoms with Gasteiger partial charge in [0, 0.05) is 0 Å². The van der Waals surface area contributed by atoms with Crippen LogP contribution in [0.2, 0.25) is 10.1 Å². The summed E-state index contributed by atoms with van der Waals surface area (Å²) in [4.78, 5) is 14.8. The smallest absolute Gasteiger partial charge is 0.461 e. The largest absolute Gasteiger partial charge is 0.522 e. The molecule has 0 aromatic carbocycles. The second-order valence-electron chi connectivity index (χ2n) is 7.10. The number of halogens is 3. The zero-order valence-corrected chi connectivity index (χ0v) is 16.3. The summed E-state index contributed by atoms with van der Waals surface area (Å²) in [6.45, 7) is 8.44. The Morgan fingerprint density at radius 3 is 1.62 bits per heavy atom. The van der Waals surface area contributed by atoms with Gasteiger partial charge in [-0.3, -0.25) is 3.87 Å². The molecule has 0 fully saturated rings. The van der Waals surface area contributed by atoms with E-state index in [0.717, 1.165) is 7.11 Å². The number of rotatable bonds is 4. The summed E-state index contributed by atoms with van der Waals surface area (Å²) in [7, 11) is -9.57. The molecule has 0 unspecified atom stereocenters. The molecular weight excluding hydrogens is 369 g/mol. The van der Waals surface area contributed by atoms with E-state index in [9.17, 15) is 31.9 Å². The molecule has 0 aromatic heterocycles. The van der Waals surface area contributed by atoms with Crippen LogP contribution in [0.4, 0.5) is 13.2 Å². The molecule has 7 nitrogen and oxygen atoms in total. The Labute approximate surface area is 140 Å². The number of alkyl halides is 3. The summed E-state index contributed by atoms with van der Waals surface area (Å²) in [5, 5.41) is -3.41. The fourth-order valence-corrected chi connectivity index (χ4v) is 10.9. The van der Waals surface area contributed by atoms with Crippen LogP contribution >= 0.6 is 0 Å². The van der Waals surface area contributed by atoms with Crippen LogP contribution in [0.15, 0.2) is 0 Å². The molecule has 0 saturated carbocycles. The molecule has 0 saturated heterocycles. The maximum Gasteiger partial charge on any atom is 0.522 e. The van der Waals surface area contributed by atoms with Gasteiger partial charge in [-0.15, -0.1) is 0 Å². The molecule has 140 valence electrons. The summed E-state index contributed by atoms with van der Waals surface area (Å²) < 4.78 is 71.2. The minimum atomic E-state index is -6.06. The van der Waals surface area contributed by atoms with E-state index in [1.807, 2.05) is 0 Å². The molecule has 0 bridgehead atoms. The van der Waals surface area contributed by atoms with Crippen molar-refractivity contribution in [1.29, 1.82) is 0 Å². The fraction of sp³-hybridized carbons (Fsp3) is 0.833. The van der Waals surface area contributed by atoms with Gasteiger partial charge in [-0.2, -0.15) is 26.4 Å². The third kappa shape index (κ3) is 3.87. The lowest BCUT2D eigenvalue weighted by molar-refractivity contribution is -0.137. The molecule has 0 aliphatic heterocycles. The van der Waals surface area contributed by atoms with Crippen molar-refractivity contribution in [3.63, 3.8) is 0 Å². The van der Waals surface area contributed by atoms with Crippen LogP contribution in [-0.4, -0.2) is 45.4 Å². The zero-order valence-electron chi connectivity index (χ0n) is 14.5. The molecule has 0 aliphatic rings. The zero-order chi connectivity index (χ0) is 19.8. The van der Waals surface area contributed by atoms with Gasteiger partial charge >= 0.3 is 35.2 Å². The van der Waals surface area contributed by atoms with Crippen molar-refractivity contribution < 1.29 is 39.8 Å². The van der Waals surface area contributed by atoms with Crippen LogP contribution in [0, 0.1) is 0 Å². The Balaban J connectivity index is 6.96. The lowest BCUT2D eigenvalue weighted by Gasteiger charge is -2.44. The predicted molar refractivity (Wildman–Crippen MR) is 81.9 cm³/mol. The van der Waals surface area contributed by atoms with E-state index >= 15 is 0 Å². The van der Waals surface area contributed by atoms with Gasteiger partial charge in [-0.25, -0.2) is 4.79 Å². The Bertz CT molecular complexity index is 642. The molecule has 24 heavy (non-hydrogen) atoms. The van der Waals surface area contributed by atoms with Crippen molar-refractivity contribution in [2.45, 2.75) is 57.1 Å². The number of hydrogen-bond acceptors (Lipinski definition) is 5. The average Bonchev–Trinajstić information content (AvgIpc) is 2.33. The van der Waals surface area contributed by atoms with Crippen LogP contribution in [0.3, 0.4) is 0 Å². The van der Waals surface area contributed by atoms with Crippen LogP contribution in [0.5, 0.6) is 0 Å². The maximum atomic E-state index is 12.9. The van der Waals surface area contributed by atoms with Gasteiger partial charge < -0.3 is 10.3 Å². The normalized spacial score (nSPS) is 14.1. The van der Waals surface area contributed by atoms with E-state index in [-0.39, 0.29) is 0 Å². The van der Waals surface area contributed by atoms with Gasteiger partial charge in [0.1, 0.15) is 0 Å². The number of ether oxygens (including phenoxy) is 1. The quantitative estimate of drug-likeness (QED) is 0.183. The maximum absolute atomic E-state index is 12.9. The van der Waals surface area contributed by atoms with E-state index in [0.29, 0.717) is 0 Å². The number of carbonyl (C=O) groups is 1. The number of esters is 1. The van der Waals surface area contributed by atoms with Gasteiger partial charge in [0.05, 0.1) is 7.11 Å². The van der Waals surface area contributed by atoms with E-state index in [1.54, 1.807) is 0 Å². The monoisotopic (exact) mass is 390 g/mol. The standard InChI is InChI=1S/C12H21F3N2O5SSi/c1-10(2,3)24(11(4,5)6,8(17-16)9(18)21-7)22-23(19,20)12(13,14)15/h1-7H3. The first-order chi connectivity index (χ1) is 10.4. The SMILES string of the molecule is COC(=O)C(=[N+]=[N-])[Si](OS(=O)(=O)C(F)(F)F)(C(C)(C)C)C(C)(C)C. The molecule has 0 rings (SSSR count). The lowest BCUT2D eigenvalue weighted by Crippen LogP contribution is -2.65. The summed E-state index contributed by atoms with van der Waals surface area (Å²) in [6.07, 6.45) is 0. The van der Waals surface area contributed by atoms with Crippen molar-refractivity contribution >= 4 is 29.7 Å². The van der Waals surface area contributed by atoms with Crippen LogP contribution in [0.25, 0.3) is 5.53 Å². The summed E-state index contributed by atoms with van der Waals surface area (Å²) >= 11 is 0. The Morgan fingerprint density at radius 2 is 1.42 bits per heavy atom. The summed E-state index contributed by atoms with van der Waals surface area (Å²) in [5.74, 6) is -1.26. The van der Waals surface area contributed by atoms with Gasteiger partial charge in [0.25, 0.3) is 0 Å². The summed E-state index contributed by atoms with van der Waals surface area (Å²) in [5.41, 5.74) is 3.56. The molecule has 0 heterocycles. The van der Waals surface area contributed by atoms with Crippen molar-refractivity contribution in [2.24, 2.45) is 0 Å². The van der Waals surface area contributed by atoms with E-state index in [1.165, 1.54) is 41.5 Å². The van der Waals surface area contributed by atoms with Gasteiger partial charge in [-0.1, -0.05) is 41.5 Å². The Hall–Kier alpha value is -1.23. The van der Waals surface area contributed by atoms with E-state index in [2.05, 4.69) is 13.4 Å². The Morgan fingerprint density at radius 1 is 1.04 bits per heavy atom. The second kappa shape index (κ2) is 6.58. The lowest BCUT2D eigenvalue weighted by atomic mass is 10.2. The third-order valence-electron chi connectivity index (χ3n) is 3.44. The third-order valence-corrected chi connectivity index (χ3v) is 11.1. The fourth-order valence-electron chi connectivity index (χ4n) is 2.69. The molecule has 0 radical (unpaired) electrons. The first kappa shape index (κ1) is 22.8. The second-order valence-corrected chi connectivity index (χ2v) is 14.0.